The van der Waals surface area contributed by atoms with Crippen LogP contribution in [0.4, 0.5) is 8.78 Å². The Hall–Kier alpha value is -1.46. The number of para-hydroxylation sites is 1. The summed E-state index contributed by atoms with van der Waals surface area (Å²) in [5, 5.41) is 4.32. The van der Waals surface area contributed by atoms with Crippen LogP contribution in [0.3, 0.4) is 0 Å². The Balaban J connectivity index is 1.78. The fourth-order valence-corrected chi connectivity index (χ4v) is 2.23. The van der Waals surface area contributed by atoms with E-state index in [4.69, 9.17) is 9.15 Å². The summed E-state index contributed by atoms with van der Waals surface area (Å²) < 4.78 is 35.2. The molecule has 1 saturated carbocycles. The quantitative estimate of drug-likeness (QED) is 0.844. The van der Waals surface area contributed by atoms with E-state index in [1.807, 2.05) is 24.3 Å². The summed E-state index contributed by atoms with van der Waals surface area (Å²) >= 11 is 0. The minimum atomic E-state index is -2.44. The minimum Gasteiger partial charge on any atom is -0.459 e. The van der Waals surface area contributed by atoms with E-state index < -0.39 is 13.0 Å². The molecule has 1 aliphatic carbocycles. The van der Waals surface area contributed by atoms with Crippen molar-refractivity contribution in [3.05, 3.63) is 35.6 Å². The Labute approximate surface area is 115 Å². The average molecular weight is 281 g/mol. The molecule has 3 nitrogen and oxygen atoms in total. The fraction of sp³-hybridized carbons (Fsp3) is 0.467. The highest BCUT2D eigenvalue weighted by molar-refractivity contribution is 5.82. The van der Waals surface area contributed by atoms with Crippen molar-refractivity contribution < 1.29 is 17.9 Å². The lowest BCUT2D eigenvalue weighted by Crippen LogP contribution is -2.16. The van der Waals surface area contributed by atoms with Gasteiger partial charge in [-0.2, -0.15) is 0 Å². The zero-order valence-electron chi connectivity index (χ0n) is 11.1. The lowest BCUT2D eigenvalue weighted by atomic mass is 10.1. The van der Waals surface area contributed by atoms with Crippen molar-refractivity contribution in [3.8, 4) is 0 Å². The minimum absolute atomic E-state index is 0.156. The number of fused-ring (bicyclic) bond motifs is 1. The smallest absolute Gasteiger partial charge is 0.261 e. The molecule has 0 amide bonds. The predicted octanol–water partition coefficient (Wildman–Crippen LogP) is 3.47. The lowest BCUT2D eigenvalue weighted by molar-refractivity contribution is 0.00972. The second-order valence-corrected chi connectivity index (χ2v) is 5.06. The molecule has 3 rings (SSSR count). The van der Waals surface area contributed by atoms with Gasteiger partial charge in [0, 0.05) is 17.0 Å². The van der Waals surface area contributed by atoms with Gasteiger partial charge in [-0.1, -0.05) is 18.2 Å². The highest BCUT2D eigenvalue weighted by atomic mass is 19.3. The standard InChI is InChI=1S/C15H17F2NO2/c16-15(17)9-19-8-12-11-3-1-2-4-13(11)20-14(12)7-18-10-5-6-10/h1-4,10,15,18H,5-9H2. The molecule has 1 aromatic carbocycles. The molecule has 0 spiro atoms. The molecular weight excluding hydrogens is 264 g/mol. The summed E-state index contributed by atoms with van der Waals surface area (Å²) in [7, 11) is 0. The van der Waals surface area contributed by atoms with Gasteiger partial charge in [-0.05, 0) is 18.9 Å². The number of nitrogens with one attached hydrogen (secondary N) is 1. The Bertz CT molecular complexity index is 578. The third kappa shape index (κ3) is 3.16. The summed E-state index contributed by atoms with van der Waals surface area (Å²) in [4.78, 5) is 0. The van der Waals surface area contributed by atoms with Gasteiger partial charge in [0.15, 0.2) is 0 Å². The van der Waals surface area contributed by atoms with Crippen molar-refractivity contribution in [2.75, 3.05) is 6.61 Å². The number of alkyl halides is 2. The van der Waals surface area contributed by atoms with Crippen LogP contribution >= 0.6 is 0 Å². The SMILES string of the molecule is FC(F)COCc1c(CNC2CC2)oc2ccccc12. The van der Waals surface area contributed by atoms with Gasteiger partial charge in [-0.15, -0.1) is 0 Å². The van der Waals surface area contributed by atoms with E-state index in [-0.39, 0.29) is 6.61 Å². The van der Waals surface area contributed by atoms with Gasteiger partial charge >= 0.3 is 0 Å². The van der Waals surface area contributed by atoms with E-state index in [2.05, 4.69) is 5.32 Å². The van der Waals surface area contributed by atoms with Crippen molar-refractivity contribution in [2.24, 2.45) is 0 Å². The van der Waals surface area contributed by atoms with Crippen LogP contribution in [0.1, 0.15) is 24.2 Å². The summed E-state index contributed by atoms with van der Waals surface area (Å²) in [6, 6.07) is 8.19. The van der Waals surface area contributed by atoms with Gasteiger partial charge in [-0.25, -0.2) is 8.78 Å². The maximum absolute atomic E-state index is 12.2. The first-order chi connectivity index (χ1) is 9.74. The Morgan fingerprint density at radius 2 is 2.10 bits per heavy atom. The molecule has 0 radical (unpaired) electrons. The second kappa shape index (κ2) is 5.89. The third-order valence-electron chi connectivity index (χ3n) is 3.40. The largest absolute Gasteiger partial charge is 0.459 e. The monoisotopic (exact) mass is 281 g/mol. The first-order valence-electron chi connectivity index (χ1n) is 6.82. The fourth-order valence-electron chi connectivity index (χ4n) is 2.23. The van der Waals surface area contributed by atoms with E-state index in [1.165, 1.54) is 12.8 Å². The van der Waals surface area contributed by atoms with Gasteiger partial charge in [-0.3, -0.25) is 0 Å². The van der Waals surface area contributed by atoms with E-state index >= 15 is 0 Å². The van der Waals surface area contributed by atoms with E-state index in [0.717, 1.165) is 22.3 Å². The van der Waals surface area contributed by atoms with E-state index in [9.17, 15) is 8.78 Å². The molecule has 20 heavy (non-hydrogen) atoms. The highest BCUT2D eigenvalue weighted by Crippen LogP contribution is 2.28. The molecule has 0 atom stereocenters. The number of benzene rings is 1. The Morgan fingerprint density at radius 1 is 1.30 bits per heavy atom. The average Bonchev–Trinajstić information content (AvgIpc) is 3.19. The van der Waals surface area contributed by atoms with Crippen molar-refractivity contribution in [1.29, 1.82) is 0 Å². The first-order valence-corrected chi connectivity index (χ1v) is 6.82. The molecule has 108 valence electrons. The molecule has 0 aliphatic heterocycles. The molecular formula is C15H17F2NO2. The summed E-state index contributed by atoms with van der Waals surface area (Å²) in [5.74, 6) is 0.785. The summed E-state index contributed by atoms with van der Waals surface area (Å²) in [5.41, 5.74) is 1.64. The molecule has 1 N–H and O–H groups in total. The van der Waals surface area contributed by atoms with E-state index in [1.54, 1.807) is 0 Å². The van der Waals surface area contributed by atoms with Gasteiger partial charge in [0.25, 0.3) is 6.43 Å². The maximum Gasteiger partial charge on any atom is 0.261 e. The first kappa shape index (κ1) is 13.5. The molecule has 1 heterocycles. The van der Waals surface area contributed by atoms with Gasteiger partial charge < -0.3 is 14.5 Å². The number of hydrogen-bond donors (Lipinski definition) is 1. The normalized spacial score (nSPS) is 15.3. The van der Waals surface area contributed by atoms with Crippen molar-refractivity contribution in [1.82, 2.24) is 5.32 Å². The molecule has 1 aliphatic rings. The summed E-state index contributed by atoms with van der Waals surface area (Å²) in [6.07, 6.45) is -0.0595. The molecule has 0 unspecified atom stereocenters. The predicted molar refractivity (Wildman–Crippen MR) is 71.7 cm³/mol. The van der Waals surface area contributed by atoms with Crippen LogP contribution < -0.4 is 5.32 Å². The van der Waals surface area contributed by atoms with Gasteiger partial charge in [0.1, 0.15) is 18.0 Å². The number of rotatable bonds is 7. The Morgan fingerprint density at radius 3 is 2.85 bits per heavy atom. The lowest BCUT2D eigenvalue weighted by Gasteiger charge is -2.05. The number of halogens is 2. The maximum atomic E-state index is 12.2. The Kier molecular flexibility index (Phi) is 3.98. The van der Waals surface area contributed by atoms with Crippen LogP contribution in [0.25, 0.3) is 11.0 Å². The topological polar surface area (TPSA) is 34.4 Å². The van der Waals surface area contributed by atoms with Crippen molar-refractivity contribution in [2.45, 2.75) is 38.5 Å². The number of hydrogen-bond acceptors (Lipinski definition) is 3. The van der Waals surface area contributed by atoms with Crippen LogP contribution in [-0.4, -0.2) is 19.1 Å². The molecule has 1 aromatic heterocycles. The van der Waals surface area contributed by atoms with Crippen LogP contribution in [0, 0.1) is 0 Å². The van der Waals surface area contributed by atoms with Crippen LogP contribution in [0.15, 0.2) is 28.7 Å². The van der Waals surface area contributed by atoms with Crippen LogP contribution in [0.5, 0.6) is 0 Å². The molecule has 1 fully saturated rings. The molecule has 2 aromatic rings. The molecule has 5 heteroatoms. The number of furan rings is 1. The van der Waals surface area contributed by atoms with E-state index in [0.29, 0.717) is 12.6 Å². The van der Waals surface area contributed by atoms with Crippen molar-refractivity contribution in [3.63, 3.8) is 0 Å². The summed E-state index contributed by atoms with van der Waals surface area (Å²) in [6.45, 7) is 0.227. The van der Waals surface area contributed by atoms with Crippen LogP contribution in [0.2, 0.25) is 0 Å². The van der Waals surface area contributed by atoms with Gasteiger partial charge in [0.2, 0.25) is 0 Å². The van der Waals surface area contributed by atoms with Gasteiger partial charge in [0.05, 0.1) is 13.2 Å². The zero-order chi connectivity index (χ0) is 13.9. The molecule has 0 saturated heterocycles. The zero-order valence-corrected chi connectivity index (χ0v) is 11.1. The number of ether oxygens (including phenoxy) is 1. The van der Waals surface area contributed by atoms with Crippen LogP contribution in [-0.2, 0) is 17.9 Å². The third-order valence-corrected chi connectivity index (χ3v) is 3.40. The highest BCUT2D eigenvalue weighted by Gasteiger charge is 2.22. The van der Waals surface area contributed by atoms with Crippen molar-refractivity contribution >= 4 is 11.0 Å². The second-order valence-electron chi connectivity index (χ2n) is 5.06. The molecule has 0 bridgehead atoms.